The topological polar surface area (TPSA) is 86.2 Å². The minimum Gasteiger partial charge on any atom is -1.00 e. The smallest absolute Gasteiger partial charge is 0.270 e. The molecule has 0 saturated heterocycles. The number of nitrogens with two attached hydrogens (primary N) is 1. The van der Waals surface area contributed by atoms with E-state index in [1.165, 1.54) is 24.3 Å². The Bertz CT molecular complexity index is 354. The third-order valence-electron chi connectivity index (χ3n) is 1.56. The van der Waals surface area contributed by atoms with Gasteiger partial charge in [0.1, 0.15) is 0 Å². The van der Waals surface area contributed by atoms with Crippen LogP contribution in [0.15, 0.2) is 24.3 Å². The van der Waals surface area contributed by atoms with Crippen LogP contribution in [0.5, 0.6) is 0 Å². The molecule has 0 aromatic heterocycles. The molecule has 0 aliphatic carbocycles. The Morgan fingerprint density at radius 2 is 2.14 bits per heavy atom. The van der Waals surface area contributed by atoms with Gasteiger partial charge < -0.3 is 18.1 Å². The molecule has 0 aliphatic heterocycles. The molecule has 76 valence electrons. The zero-order valence-corrected chi connectivity index (χ0v) is 7.90. The van der Waals surface area contributed by atoms with Crippen LogP contribution in [0.2, 0.25) is 0 Å². The second kappa shape index (κ2) is 5.31. The predicted octanol–water partition coefficient (Wildman–Crippen LogP) is -2.26. The van der Waals surface area contributed by atoms with Crippen LogP contribution in [0.3, 0.4) is 0 Å². The van der Waals surface area contributed by atoms with Crippen LogP contribution >= 0.6 is 0 Å². The third-order valence-corrected chi connectivity index (χ3v) is 1.56. The van der Waals surface area contributed by atoms with Crippen molar-refractivity contribution in [3.63, 3.8) is 0 Å². The van der Waals surface area contributed by atoms with Crippen molar-refractivity contribution < 1.29 is 22.1 Å². The van der Waals surface area contributed by atoms with E-state index in [-0.39, 0.29) is 36.0 Å². The average molecular weight is 216 g/mol. The van der Waals surface area contributed by atoms with Gasteiger partial charge in [0, 0.05) is 17.7 Å². The van der Waals surface area contributed by atoms with Crippen molar-refractivity contribution >= 4 is 11.5 Å². The van der Waals surface area contributed by atoms with Crippen molar-refractivity contribution in [1.29, 1.82) is 0 Å². The molecule has 0 fully saturated rings. The molecule has 5 nitrogen and oxygen atoms in total. The Labute approximate surface area is 86.5 Å². The maximum absolute atomic E-state index is 11.0. The largest absolute Gasteiger partial charge is 1.00 e. The first-order valence-electron chi connectivity index (χ1n) is 3.63. The molecule has 6 heteroatoms. The molecule has 0 atom stereocenters. The zero-order chi connectivity index (χ0) is 9.84. The van der Waals surface area contributed by atoms with Crippen LogP contribution in [-0.4, -0.2) is 17.3 Å². The first-order chi connectivity index (χ1) is 6.15. The van der Waals surface area contributed by atoms with Gasteiger partial charge in [-0.2, -0.15) is 0 Å². The summed E-state index contributed by atoms with van der Waals surface area (Å²) >= 11 is 0. The fraction of sp³-hybridized carbons (Fsp3) is 0.125. The number of carbonyl (C=O) groups is 1. The molecule has 2 N–H and O–H groups in total. The highest BCUT2D eigenvalue weighted by Crippen LogP contribution is 2.12. The standard InChI is InChI=1S/C8H8N2O3.ClH/c9-5-8(11)6-2-1-3-7(4-6)10(12)13;/h1-4H,5,9H2;1H/p-1. The lowest BCUT2D eigenvalue weighted by Gasteiger charge is -1.96. The Hall–Kier alpha value is -1.46. The van der Waals surface area contributed by atoms with Gasteiger partial charge in [-0.1, -0.05) is 12.1 Å². The summed E-state index contributed by atoms with van der Waals surface area (Å²) in [6.45, 7) is -0.138. The molecule has 0 aliphatic rings. The van der Waals surface area contributed by atoms with E-state index in [0.717, 1.165) is 0 Å². The van der Waals surface area contributed by atoms with Crippen LogP contribution in [0.1, 0.15) is 10.4 Å². The Morgan fingerprint density at radius 1 is 1.50 bits per heavy atom. The number of rotatable bonds is 3. The summed E-state index contributed by atoms with van der Waals surface area (Å²) in [5, 5.41) is 10.3. The van der Waals surface area contributed by atoms with E-state index in [1.54, 1.807) is 0 Å². The lowest BCUT2D eigenvalue weighted by molar-refractivity contribution is -0.384. The van der Waals surface area contributed by atoms with Crippen molar-refractivity contribution in [2.24, 2.45) is 5.73 Å². The summed E-state index contributed by atoms with van der Waals surface area (Å²) in [5.41, 5.74) is 5.29. The quantitative estimate of drug-likeness (QED) is 0.350. The highest BCUT2D eigenvalue weighted by Gasteiger charge is 2.09. The average Bonchev–Trinajstić information content (AvgIpc) is 2.17. The Kier molecular flexibility index (Phi) is 4.76. The zero-order valence-electron chi connectivity index (χ0n) is 7.14. The monoisotopic (exact) mass is 215 g/mol. The fourth-order valence-electron chi connectivity index (χ4n) is 0.911. The highest BCUT2D eigenvalue weighted by atomic mass is 35.5. The predicted molar refractivity (Wildman–Crippen MR) is 46.5 cm³/mol. The van der Waals surface area contributed by atoms with Gasteiger partial charge in [-0.05, 0) is 0 Å². The molecule has 1 aromatic rings. The number of nitro groups is 1. The van der Waals surface area contributed by atoms with Gasteiger partial charge in [0.25, 0.3) is 5.69 Å². The molecule has 0 radical (unpaired) electrons. The van der Waals surface area contributed by atoms with E-state index in [1.807, 2.05) is 0 Å². The summed E-state index contributed by atoms with van der Waals surface area (Å²) in [4.78, 5) is 20.8. The van der Waals surface area contributed by atoms with Gasteiger partial charge in [-0.3, -0.25) is 14.9 Å². The van der Waals surface area contributed by atoms with Crippen LogP contribution in [0.25, 0.3) is 0 Å². The summed E-state index contributed by atoms with van der Waals surface area (Å²) in [5.74, 6) is -0.302. The number of nitro benzene ring substituents is 1. The summed E-state index contributed by atoms with van der Waals surface area (Å²) in [7, 11) is 0. The number of nitrogens with zero attached hydrogens (tertiary/aromatic N) is 1. The molecule has 0 spiro atoms. The van der Waals surface area contributed by atoms with Crippen LogP contribution in [0.4, 0.5) is 5.69 Å². The maximum atomic E-state index is 11.0. The molecule has 0 heterocycles. The number of benzene rings is 1. The number of halogens is 1. The van der Waals surface area contributed by atoms with Crippen molar-refractivity contribution in [1.82, 2.24) is 0 Å². The SMILES string of the molecule is NCC(=O)c1cccc([N+](=O)[O-])c1.[Cl-]. The highest BCUT2D eigenvalue weighted by molar-refractivity contribution is 5.97. The molecule has 0 unspecified atom stereocenters. The van der Waals surface area contributed by atoms with E-state index in [0.29, 0.717) is 0 Å². The first kappa shape index (κ1) is 12.5. The number of carbonyl (C=O) groups excluding carboxylic acids is 1. The molecule has 0 bridgehead atoms. The van der Waals surface area contributed by atoms with Crippen molar-refractivity contribution in [2.45, 2.75) is 0 Å². The third kappa shape index (κ3) is 2.79. The molecule has 1 rings (SSSR count). The summed E-state index contributed by atoms with van der Waals surface area (Å²) < 4.78 is 0. The number of Topliss-reactive ketones (excluding diaryl/α,β-unsaturated/α-hetero) is 1. The second-order valence-corrected chi connectivity index (χ2v) is 2.43. The minimum atomic E-state index is -0.548. The maximum Gasteiger partial charge on any atom is 0.270 e. The van der Waals surface area contributed by atoms with Crippen molar-refractivity contribution in [3.05, 3.63) is 39.9 Å². The molecule has 14 heavy (non-hydrogen) atoms. The van der Waals surface area contributed by atoms with Gasteiger partial charge in [-0.25, -0.2) is 0 Å². The van der Waals surface area contributed by atoms with E-state index < -0.39 is 4.92 Å². The van der Waals surface area contributed by atoms with Gasteiger partial charge in [0.15, 0.2) is 5.78 Å². The number of hydrogen-bond donors (Lipinski definition) is 1. The first-order valence-corrected chi connectivity index (χ1v) is 3.63. The Balaban J connectivity index is 0.00000169. The van der Waals surface area contributed by atoms with Gasteiger partial charge in [0.2, 0.25) is 0 Å². The van der Waals surface area contributed by atoms with Gasteiger partial charge in [0.05, 0.1) is 11.5 Å². The molecule has 1 aromatic carbocycles. The van der Waals surface area contributed by atoms with Crippen molar-refractivity contribution in [2.75, 3.05) is 6.54 Å². The van der Waals surface area contributed by atoms with Gasteiger partial charge in [-0.15, -0.1) is 0 Å². The summed E-state index contributed by atoms with van der Waals surface area (Å²) in [6.07, 6.45) is 0. The lowest BCUT2D eigenvalue weighted by Crippen LogP contribution is -3.00. The number of non-ortho nitro benzene ring substituents is 1. The van der Waals surface area contributed by atoms with Crippen LogP contribution in [-0.2, 0) is 0 Å². The van der Waals surface area contributed by atoms with E-state index in [2.05, 4.69) is 0 Å². The van der Waals surface area contributed by atoms with E-state index in [9.17, 15) is 14.9 Å². The Morgan fingerprint density at radius 3 is 2.64 bits per heavy atom. The number of ketones is 1. The molecular weight excluding hydrogens is 208 g/mol. The van der Waals surface area contributed by atoms with E-state index >= 15 is 0 Å². The molecular formula is C8H8ClN2O3-. The molecule has 0 saturated carbocycles. The normalized spacial score (nSPS) is 8.93. The van der Waals surface area contributed by atoms with Crippen LogP contribution < -0.4 is 18.1 Å². The second-order valence-electron chi connectivity index (χ2n) is 2.43. The number of hydrogen-bond acceptors (Lipinski definition) is 4. The van der Waals surface area contributed by atoms with Gasteiger partial charge >= 0.3 is 0 Å². The van der Waals surface area contributed by atoms with Crippen LogP contribution in [0, 0.1) is 10.1 Å². The molecule has 0 amide bonds. The van der Waals surface area contributed by atoms with Crippen molar-refractivity contribution in [3.8, 4) is 0 Å². The minimum absolute atomic E-state index is 0. The summed E-state index contributed by atoms with van der Waals surface area (Å²) in [6, 6.07) is 5.51. The lowest BCUT2D eigenvalue weighted by atomic mass is 10.1. The van der Waals surface area contributed by atoms with E-state index in [4.69, 9.17) is 5.73 Å². The fourth-order valence-corrected chi connectivity index (χ4v) is 0.911.